The summed E-state index contributed by atoms with van der Waals surface area (Å²) in [7, 11) is 1.45. The van der Waals surface area contributed by atoms with Gasteiger partial charge in [-0.05, 0) is 32.1 Å². The maximum Gasteiger partial charge on any atom is 0.305 e. The van der Waals surface area contributed by atoms with Crippen LogP contribution in [0.25, 0.3) is 0 Å². The molecule has 0 fully saturated rings. The van der Waals surface area contributed by atoms with Crippen molar-refractivity contribution in [3.63, 3.8) is 0 Å². The van der Waals surface area contributed by atoms with Gasteiger partial charge in [0.15, 0.2) is 0 Å². The molecular weight excluding hydrogens is 304 g/mol. The lowest BCUT2D eigenvalue weighted by molar-refractivity contribution is -0.140. The van der Waals surface area contributed by atoms with Crippen LogP contribution < -0.4 is 0 Å². The van der Waals surface area contributed by atoms with Crippen LogP contribution in [0.2, 0.25) is 0 Å². The molecule has 0 radical (unpaired) electrons. The highest BCUT2D eigenvalue weighted by Gasteiger charge is 1.98. The van der Waals surface area contributed by atoms with E-state index in [0.717, 1.165) is 31.0 Å². The van der Waals surface area contributed by atoms with E-state index >= 15 is 0 Å². The standard InChI is InChI=1S/C16H27BrO2/c1-19-16(18)14-12-10-8-6-4-2-3-5-7-9-11-13-15-17/h3,5,9,11H,2,4,6-8,10,12-15H2,1H3/b5-3-,11-9-. The second kappa shape index (κ2) is 15.5. The fourth-order valence-electron chi connectivity index (χ4n) is 1.73. The van der Waals surface area contributed by atoms with E-state index in [1.165, 1.54) is 32.8 Å². The van der Waals surface area contributed by atoms with Crippen LogP contribution in [-0.2, 0) is 9.53 Å². The maximum atomic E-state index is 10.9. The highest BCUT2D eigenvalue weighted by molar-refractivity contribution is 9.09. The Morgan fingerprint density at radius 2 is 1.58 bits per heavy atom. The molecule has 110 valence electrons. The Kier molecular flexibility index (Phi) is 15.0. The smallest absolute Gasteiger partial charge is 0.305 e. The van der Waals surface area contributed by atoms with Crippen molar-refractivity contribution in [3.05, 3.63) is 24.3 Å². The van der Waals surface area contributed by atoms with Crippen molar-refractivity contribution in [1.29, 1.82) is 0 Å². The largest absolute Gasteiger partial charge is 0.469 e. The topological polar surface area (TPSA) is 26.3 Å². The minimum absolute atomic E-state index is 0.0871. The van der Waals surface area contributed by atoms with Gasteiger partial charge in [-0.15, -0.1) is 0 Å². The number of unbranched alkanes of at least 4 members (excludes halogenated alkanes) is 5. The van der Waals surface area contributed by atoms with Crippen LogP contribution in [0.5, 0.6) is 0 Å². The molecule has 0 aromatic carbocycles. The van der Waals surface area contributed by atoms with Gasteiger partial charge < -0.3 is 4.74 Å². The number of halogens is 1. The molecule has 0 spiro atoms. The van der Waals surface area contributed by atoms with Crippen molar-refractivity contribution < 1.29 is 9.53 Å². The Hall–Kier alpha value is -0.570. The normalized spacial score (nSPS) is 11.5. The van der Waals surface area contributed by atoms with Crippen LogP contribution in [0.15, 0.2) is 24.3 Å². The third-order valence-electron chi connectivity index (χ3n) is 2.86. The summed E-state index contributed by atoms with van der Waals surface area (Å²) < 4.78 is 4.60. The molecule has 0 saturated carbocycles. The van der Waals surface area contributed by atoms with Crippen molar-refractivity contribution in [2.45, 2.75) is 57.8 Å². The van der Waals surface area contributed by atoms with Crippen LogP contribution in [0, 0.1) is 0 Å². The van der Waals surface area contributed by atoms with E-state index < -0.39 is 0 Å². The van der Waals surface area contributed by atoms with Crippen LogP contribution in [0.1, 0.15) is 57.8 Å². The average molecular weight is 331 g/mol. The van der Waals surface area contributed by atoms with Gasteiger partial charge in [0.25, 0.3) is 0 Å². The Labute approximate surface area is 126 Å². The number of alkyl halides is 1. The van der Waals surface area contributed by atoms with Gasteiger partial charge in [-0.25, -0.2) is 0 Å². The molecule has 0 saturated heterocycles. The SMILES string of the molecule is COC(=O)CCCCCCC/C=C\C/C=C\CCBr. The minimum atomic E-state index is -0.0871. The zero-order chi connectivity index (χ0) is 14.2. The third-order valence-corrected chi connectivity index (χ3v) is 3.32. The van der Waals surface area contributed by atoms with Gasteiger partial charge in [-0.3, -0.25) is 4.79 Å². The number of methoxy groups -OCH3 is 1. The molecule has 0 bridgehead atoms. The number of hydrogen-bond acceptors (Lipinski definition) is 2. The van der Waals surface area contributed by atoms with Gasteiger partial charge in [-0.2, -0.15) is 0 Å². The van der Waals surface area contributed by atoms with Crippen molar-refractivity contribution in [2.75, 3.05) is 12.4 Å². The van der Waals surface area contributed by atoms with Gasteiger partial charge in [-0.1, -0.05) is 59.5 Å². The van der Waals surface area contributed by atoms with E-state index in [-0.39, 0.29) is 5.97 Å². The third kappa shape index (κ3) is 15.4. The summed E-state index contributed by atoms with van der Waals surface area (Å²) in [5.41, 5.74) is 0. The van der Waals surface area contributed by atoms with Crippen LogP contribution in [0.4, 0.5) is 0 Å². The zero-order valence-electron chi connectivity index (χ0n) is 12.1. The molecule has 0 heterocycles. The first-order valence-electron chi connectivity index (χ1n) is 7.24. The van der Waals surface area contributed by atoms with Crippen molar-refractivity contribution in [3.8, 4) is 0 Å². The quantitative estimate of drug-likeness (QED) is 0.213. The van der Waals surface area contributed by atoms with Crippen LogP contribution in [0.3, 0.4) is 0 Å². The highest BCUT2D eigenvalue weighted by Crippen LogP contribution is 2.08. The van der Waals surface area contributed by atoms with E-state index in [1.54, 1.807) is 0 Å². The molecule has 0 aliphatic carbocycles. The minimum Gasteiger partial charge on any atom is -0.469 e. The Morgan fingerprint density at radius 1 is 0.947 bits per heavy atom. The molecule has 0 aliphatic rings. The number of carbonyl (C=O) groups is 1. The molecule has 0 N–H and O–H groups in total. The summed E-state index contributed by atoms with van der Waals surface area (Å²) in [5.74, 6) is -0.0871. The van der Waals surface area contributed by atoms with Crippen molar-refractivity contribution in [1.82, 2.24) is 0 Å². The van der Waals surface area contributed by atoms with Crippen LogP contribution in [-0.4, -0.2) is 18.4 Å². The first-order chi connectivity index (χ1) is 9.31. The predicted octanol–water partition coefficient (Wildman–Crippen LogP) is 5.18. The number of hydrogen-bond donors (Lipinski definition) is 0. The lowest BCUT2D eigenvalue weighted by atomic mass is 10.1. The second-order valence-electron chi connectivity index (χ2n) is 4.54. The Morgan fingerprint density at radius 3 is 2.26 bits per heavy atom. The Bertz CT molecular complexity index is 259. The fourth-order valence-corrected chi connectivity index (χ4v) is 2.00. The van der Waals surface area contributed by atoms with E-state index in [9.17, 15) is 4.79 Å². The molecule has 19 heavy (non-hydrogen) atoms. The zero-order valence-corrected chi connectivity index (χ0v) is 13.7. The molecule has 0 aliphatic heterocycles. The molecule has 0 atom stereocenters. The van der Waals surface area contributed by atoms with E-state index in [0.29, 0.717) is 6.42 Å². The van der Waals surface area contributed by atoms with Crippen molar-refractivity contribution in [2.24, 2.45) is 0 Å². The number of rotatable bonds is 12. The van der Waals surface area contributed by atoms with Gasteiger partial charge >= 0.3 is 5.97 Å². The molecule has 3 heteroatoms. The van der Waals surface area contributed by atoms with E-state index in [4.69, 9.17) is 0 Å². The van der Waals surface area contributed by atoms with Gasteiger partial charge in [0.2, 0.25) is 0 Å². The molecular formula is C16H27BrO2. The summed E-state index contributed by atoms with van der Waals surface area (Å²) >= 11 is 3.40. The number of ether oxygens (including phenoxy) is 1. The van der Waals surface area contributed by atoms with Crippen molar-refractivity contribution >= 4 is 21.9 Å². The van der Waals surface area contributed by atoms with Gasteiger partial charge in [0.1, 0.15) is 0 Å². The lowest BCUT2D eigenvalue weighted by Gasteiger charge is -1.99. The van der Waals surface area contributed by atoms with E-state index in [2.05, 4.69) is 45.0 Å². The number of esters is 1. The molecule has 2 nitrogen and oxygen atoms in total. The first-order valence-corrected chi connectivity index (χ1v) is 8.36. The summed E-state index contributed by atoms with van der Waals surface area (Å²) in [6.45, 7) is 0. The molecule has 0 rings (SSSR count). The van der Waals surface area contributed by atoms with Gasteiger partial charge in [0, 0.05) is 11.8 Å². The number of carbonyl (C=O) groups excluding carboxylic acids is 1. The maximum absolute atomic E-state index is 10.9. The fraction of sp³-hybridized carbons (Fsp3) is 0.688. The first kappa shape index (κ1) is 18.4. The lowest BCUT2D eigenvalue weighted by Crippen LogP contribution is -1.98. The summed E-state index contributed by atoms with van der Waals surface area (Å²) in [5, 5.41) is 1.04. The molecule has 0 aromatic rings. The number of allylic oxidation sites excluding steroid dienone is 4. The van der Waals surface area contributed by atoms with Crippen LogP contribution >= 0.6 is 15.9 Å². The molecule has 0 amide bonds. The van der Waals surface area contributed by atoms with Gasteiger partial charge in [0.05, 0.1) is 7.11 Å². The molecule has 0 aromatic heterocycles. The summed E-state index contributed by atoms with van der Waals surface area (Å²) in [4.78, 5) is 10.9. The summed E-state index contributed by atoms with van der Waals surface area (Å²) in [6.07, 6.45) is 18.6. The summed E-state index contributed by atoms with van der Waals surface area (Å²) in [6, 6.07) is 0. The second-order valence-corrected chi connectivity index (χ2v) is 5.33. The highest BCUT2D eigenvalue weighted by atomic mass is 79.9. The monoisotopic (exact) mass is 330 g/mol. The average Bonchev–Trinajstić information content (AvgIpc) is 2.43. The van der Waals surface area contributed by atoms with E-state index in [1.807, 2.05) is 0 Å². The predicted molar refractivity (Wildman–Crippen MR) is 85.6 cm³/mol. The Balaban J connectivity index is 3.18. The molecule has 0 unspecified atom stereocenters.